The number of hydrogen-bond donors (Lipinski definition) is 2. The molecule has 3 N–H and O–H groups in total. The summed E-state index contributed by atoms with van der Waals surface area (Å²) in [5, 5.41) is 24.4. The number of esters is 1. The molecule has 0 amide bonds. The number of ether oxygens (including phenoxy) is 2. The van der Waals surface area contributed by atoms with Crippen LogP contribution in [0.2, 0.25) is 0 Å². The molecule has 1 fully saturated rings. The lowest BCUT2D eigenvalue weighted by atomic mass is 9.95. The van der Waals surface area contributed by atoms with Crippen molar-refractivity contribution in [2.75, 3.05) is 32.5 Å². The van der Waals surface area contributed by atoms with Crippen LogP contribution in [-0.2, 0) is 14.8 Å². The molecule has 12 nitrogen and oxygen atoms in total. The van der Waals surface area contributed by atoms with E-state index in [-0.39, 0.29) is 51.2 Å². The third kappa shape index (κ3) is 5.72. The fourth-order valence-corrected chi connectivity index (χ4v) is 6.26. The highest BCUT2D eigenvalue weighted by Gasteiger charge is 2.29. The molecule has 0 saturated carbocycles. The highest BCUT2D eigenvalue weighted by Crippen LogP contribution is 2.36. The number of methoxy groups -OCH3 is 1. The summed E-state index contributed by atoms with van der Waals surface area (Å²) in [5.74, 6) is -1.40. The highest BCUT2D eigenvalue weighted by molar-refractivity contribution is 7.89. The van der Waals surface area contributed by atoms with Crippen molar-refractivity contribution in [3.63, 3.8) is 0 Å². The molecular weight excluding hydrogens is 562 g/mol. The van der Waals surface area contributed by atoms with E-state index < -0.39 is 27.1 Å². The molecule has 0 atom stereocenters. The van der Waals surface area contributed by atoms with E-state index in [0.717, 1.165) is 23.9 Å². The Morgan fingerprint density at radius 1 is 1.14 bits per heavy atom. The number of sulfonamides is 1. The van der Waals surface area contributed by atoms with Crippen molar-refractivity contribution in [2.45, 2.75) is 38.0 Å². The van der Waals surface area contributed by atoms with Gasteiger partial charge in [-0.15, -0.1) is 0 Å². The van der Waals surface area contributed by atoms with E-state index in [9.17, 15) is 28.4 Å². The number of carbonyl (C=O) groups is 1. The lowest BCUT2D eigenvalue weighted by Gasteiger charge is -2.25. The van der Waals surface area contributed by atoms with Crippen LogP contribution in [0.25, 0.3) is 11.1 Å². The fourth-order valence-electron chi connectivity index (χ4n) is 4.75. The Kier molecular flexibility index (Phi) is 8.99. The quantitative estimate of drug-likeness (QED) is 0.293. The predicted octanol–water partition coefficient (Wildman–Crippen LogP) is 3.31. The largest absolute Gasteiger partial charge is 0.504 e. The summed E-state index contributed by atoms with van der Waals surface area (Å²) in [6.07, 6.45) is 2.63. The van der Waals surface area contributed by atoms with E-state index in [1.54, 1.807) is 26.0 Å². The number of benzene rings is 2. The van der Waals surface area contributed by atoms with Gasteiger partial charge >= 0.3 is 5.97 Å². The lowest BCUT2D eigenvalue weighted by Crippen LogP contribution is -2.35. The number of phenolic OH excluding ortho intramolecular Hbond substituents is 1. The van der Waals surface area contributed by atoms with Crippen molar-refractivity contribution in [1.82, 2.24) is 8.98 Å². The SMILES string of the molecule is CCOC(=O)c1c(-c2ccc(O)c(OC)c2)c(C#N)c(=O)n(/N=C(\C)c2ccc(S(=O)(=O)N3CCCCC3)cc2)c1N. The van der Waals surface area contributed by atoms with Gasteiger partial charge in [-0.05, 0) is 62.1 Å². The molecule has 0 radical (unpaired) electrons. The van der Waals surface area contributed by atoms with Crippen molar-refractivity contribution < 1.29 is 27.8 Å². The van der Waals surface area contributed by atoms with Crippen LogP contribution < -0.4 is 16.0 Å². The minimum atomic E-state index is -3.64. The maximum absolute atomic E-state index is 13.5. The Hall–Kier alpha value is -4.67. The number of aromatic nitrogens is 1. The number of pyridine rings is 1. The zero-order valence-electron chi connectivity index (χ0n) is 23.5. The molecule has 1 aliphatic heterocycles. The van der Waals surface area contributed by atoms with Crippen molar-refractivity contribution in [2.24, 2.45) is 5.10 Å². The van der Waals surface area contributed by atoms with Crippen LogP contribution in [0.1, 0.15) is 54.6 Å². The van der Waals surface area contributed by atoms with E-state index in [2.05, 4.69) is 5.10 Å². The molecule has 1 aromatic heterocycles. The molecule has 13 heteroatoms. The van der Waals surface area contributed by atoms with E-state index in [1.807, 2.05) is 6.07 Å². The Morgan fingerprint density at radius 2 is 1.81 bits per heavy atom. The summed E-state index contributed by atoms with van der Waals surface area (Å²) >= 11 is 0. The average molecular weight is 594 g/mol. The number of nitrogens with zero attached hydrogens (tertiary/aromatic N) is 4. The van der Waals surface area contributed by atoms with Crippen molar-refractivity contribution in [1.29, 1.82) is 5.26 Å². The summed E-state index contributed by atoms with van der Waals surface area (Å²) in [6, 6.07) is 12.0. The zero-order valence-corrected chi connectivity index (χ0v) is 24.3. The van der Waals surface area contributed by atoms with Crippen LogP contribution in [0, 0.1) is 11.3 Å². The number of phenols is 1. The molecule has 1 saturated heterocycles. The number of piperidine rings is 1. The maximum Gasteiger partial charge on any atom is 0.342 e. The van der Waals surface area contributed by atoms with Crippen molar-refractivity contribution in [3.8, 4) is 28.7 Å². The first-order valence-electron chi connectivity index (χ1n) is 13.2. The number of nitrogens with two attached hydrogens (primary N) is 1. The molecule has 0 aliphatic carbocycles. The summed E-state index contributed by atoms with van der Waals surface area (Å²) in [6.45, 7) is 4.12. The molecule has 2 aromatic carbocycles. The monoisotopic (exact) mass is 593 g/mol. The number of anilines is 1. The topological polar surface area (TPSA) is 177 Å². The van der Waals surface area contributed by atoms with Crippen LogP contribution in [0.15, 0.2) is 57.3 Å². The molecule has 0 bridgehead atoms. The van der Waals surface area contributed by atoms with E-state index >= 15 is 0 Å². The van der Waals surface area contributed by atoms with Gasteiger partial charge in [-0.2, -0.15) is 19.3 Å². The Bertz CT molecular complexity index is 1750. The van der Waals surface area contributed by atoms with Crippen LogP contribution in [-0.4, -0.2) is 61.0 Å². The van der Waals surface area contributed by atoms with Crippen molar-refractivity contribution in [3.05, 3.63) is 69.5 Å². The van der Waals surface area contributed by atoms with Gasteiger partial charge in [0.2, 0.25) is 10.0 Å². The molecular formula is C29H31N5O7S. The van der Waals surface area contributed by atoms with E-state index in [4.69, 9.17) is 15.2 Å². The number of rotatable bonds is 8. The van der Waals surface area contributed by atoms with Gasteiger partial charge in [-0.25, -0.2) is 13.2 Å². The number of nitrogen functional groups attached to an aromatic ring is 1. The van der Waals surface area contributed by atoms with Gasteiger partial charge in [-0.3, -0.25) is 4.79 Å². The van der Waals surface area contributed by atoms with Crippen LogP contribution in [0.3, 0.4) is 0 Å². The minimum absolute atomic E-state index is 0.00733. The normalized spacial score (nSPS) is 14.3. The molecule has 0 spiro atoms. The van der Waals surface area contributed by atoms with Gasteiger partial charge < -0.3 is 20.3 Å². The fraction of sp³-hybridized carbons (Fsp3) is 0.310. The number of aromatic hydroxyl groups is 1. The van der Waals surface area contributed by atoms with Gasteiger partial charge in [0.1, 0.15) is 23.0 Å². The molecule has 3 aromatic rings. The first kappa shape index (κ1) is 30.3. The van der Waals surface area contributed by atoms with Gasteiger partial charge in [0.05, 0.1) is 24.3 Å². The summed E-state index contributed by atoms with van der Waals surface area (Å²) in [7, 11) is -2.31. The smallest absolute Gasteiger partial charge is 0.342 e. The predicted molar refractivity (Wildman–Crippen MR) is 156 cm³/mol. The minimum Gasteiger partial charge on any atom is -0.504 e. The lowest BCUT2D eigenvalue weighted by molar-refractivity contribution is 0.0527. The van der Waals surface area contributed by atoms with Gasteiger partial charge in [0.25, 0.3) is 5.56 Å². The Morgan fingerprint density at radius 3 is 2.40 bits per heavy atom. The molecule has 220 valence electrons. The molecule has 2 heterocycles. The van der Waals surface area contributed by atoms with Crippen molar-refractivity contribution >= 4 is 27.5 Å². The maximum atomic E-state index is 13.5. The van der Waals surface area contributed by atoms with E-state index in [0.29, 0.717) is 18.7 Å². The third-order valence-electron chi connectivity index (χ3n) is 6.93. The zero-order chi connectivity index (χ0) is 30.6. The third-order valence-corrected chi connectivity index (χ3v) is 8.84. The number of nitriles is 1. The molecule has 42 heavy (non-hydrogen) atoms. The van der Waals surface area contributed by atoms with Crippen LogP contribution in [0.4, 0.5) is 5.82 Å². The highest BCUT2D eigenvalue weighted by atomic mass is 32.2. The van der Waals surface area contributed by atoms with Crippen LogP contribution >= 0.6 is 0 Å². The molecule has 1 aliphatic rings. The Labute approximate surface area is 243 Å². The van der Waals surface area contributed by atoms with Crippen LogP contribution in [0.5, 0.6) is 11.5 Å². The second-order valence-corrected chi connectivity index (χ2v) is 11.5. The average Bonchev–Trinajstić information content (AvgIpc) is 2.99. The van der Waals surface area contributed by atoms with Gasteiger partial charge in [-0.1, -0.05) is 24.6 Å². The summed E-state index contributed by atoms with van der Waals surface area (Å²) < 4.78 is 38.6. The summed E-state index contributed by atoms with van der Waals surface area (Å²) in [5.41, 5.74) is 5.64. The molecule has 0 unspecified atom stereocenters. The first-order chi connectivity index (χ1) is 20.0. The molecule has 4 rings (SSSR count). The number of hydrogen-bond acceptors (Lipinski definition) is 10. The van der Waals surface area contributed by atoms with Gasteiger partial charge in [0.15, 0.2) is 11.5 Å². The first-order valence-corrected chi connectivity index (χ1v) is 14.7. The standard InChI is InChI=1S/C29H31N5O7S/c1-4-41-29(37)26-25(20-10-13-23(35)24(16-20)40-3)22(17-30)28(36)34(27(26)31)32-18(2)19-8-11-21(12-9-19)42(38,39)33-14-6-5-7-15-33/h8-13,16,35H,4-7,14-15,31H2,1-3H3/b32-18+. The number of carbonyl (C=O) groups excluding carboxylic acids is 1. The Balaban J connectivity index is 1.84. The van der Waals surface area contributed by atoms with E-state index in [1.165, 1.54) is 41.7 Å². The summed E-state index contributed by atoms with van der Waals surface area (Å²) in [4.78, 5) is 26.8. The second kappa shape index (κ2) is 12.5. The second-order valence-electron chi connectivity index (χ2n) is 9.52. The van der Waals surface area contributed by atoms with Gasteiger partial charge in [0, 0.05) is 18.7 Å².